The van der Waals surface area contributed by atoms with Gasteiger partial charge in [-0.3, -0.25) is 0 Å². The number of rotatable bonds is 7. The van der Waals surface area contributed by atoms with Gasteiger partial charge in [0.1, 0.15) is 22.9 Å². The molecule has 7 nitrogen and oxygen atoms in total. The Morgan fingerprint density at radius 3 is 2.50 bits per heavy atom. The maximum absolute atomic E-state index is 10.8. The SMILES string of the molecule is CCNC(=NCC(C)(O)c1cc(C)oc1C)NCCc1c(C)noc1C. The zero-order valence-electron chi connectivity index (χ0n) is 16.6. The molecule has 2 rings (SSSR count). The van der Waals surface area contributed by atoms with Gasteiger partial charge in [0.2, 0.25) is 0 Å². The smallest absolute Gasteiger partial charge is 0.191 e. The van der Waals surface area contributed by atoms with E-state index in [4.69, 9.17) is 8.94 Å². The van der Waals surface area contributed by atoms with Crippen molar-refractivity contribution in [2.75, 3.05) is 19.6 Å². The molecule has 0 saturated heterocycles. The van der Waals surface area contributed by atoms with Gasteiger partial charge in [-0.25, -0.2) is 4.99 Å². The van der Waals surface area contributed by atoms with Crippen molar-refractivity contribution in [3.8, 4) is 0 Å². The van der Waals surface area contributed by atoms with E-state index >= 15 is 0 Å². The lowest BCUT2D eigenvalue weighted by atomic mass is 9.96. The van der Waals surface area contributed by atoms with E-state index in [2.05, 4.69) is 20.8 Å². The zero-order valence-corrected chi connectivity index (χ0v) is 16.6. The Morgan fingerprint density at radius 1 is 1.23 bits per heavy atom. The minimum Gasteiger partial charge on any atom is -0.466 e. The lowest BCUT2D eigenvalue weighted by molar-refractivity contribution is 0.0657. The first-order valence-corrected chi connectivity index (χ1v) is 8.98. The molecule has 1 atom stereocenters. The number of hydrogen-bond donors (Lipinski definition) is 3. The Hall–Kier alpha value is -2.28. The number of aryl methyl sites for hydroxylation is 4. The summed E-state index contributed by atoms with van der Waals surface area (Å²) in [6, 6.07) is 1.86. The zero-order chi connectivity index (χ0) is 19.3. The van der Waals surface area contributed by atoms with Crippen molar-refractivity contribution in [1.82, 2.24) is 15.8 Å². The average molecular weight is 362 g/mol. The number of hydrogen-bond acceptors (Lipinski definition) is 5. The summed E-state index contributed by atoms with van der Waals surface area (Å²) in [6.45, 7) is 13.0. The van der Waals surface area contributed by atoms with E-state index in [0.29, 0.717) is 12.5 Å². The molecule has 0 aliphatic carbocycles. The normalized spacial score (nSPS) is 14.3. The van der Waals surface area contributed by atoms with Crippen LogP contribution in [-0.2, 0) is 12.0 Å². The maximum atomic E-state index is 10.8. The van der Waals surface area contributed by atoms with Gasteiger partial charge in [0.05, 0.1) is 12.2 Å². The molecule has 0 aliphatic rings. The maximum Gasteiger partial charge on any atom is 0.191 e. The largest absolute Gasteiger partial charge is 0.466 e. The molecule has 0 fully saturated rings. The minimum absolute atomic E-state index is 0.230. The first kappa shape index (κ1) is 20.0. The lowest BCUT2D eigenvalue weighted by Gasteiger charge is -2.21. The molecular weight excluding hydrogens is 332 g/mol. The van der Waals surface area contributed by atoms with Crippen LogP contribution in [0.15, 0.2) is 20.0 Å². The second-order valence-electron chi connectivity index (χ2n) is 6.78. The van der Waals surface area contributed by atoms with Crippen LogP contribution in [0.3, 0.4) is 0 Å². The van der Waals surface area contributed by atoms with Crippen LogP contribution < -0.4 is 10.6 Å². The monoisotopic (exact) mass is 362 g/mol. The van der Waals surface area contributed by atoms with E-state index in [1.54, 1.807) is 6.92 Å². The van der Waals surface area contributed by atoms with E-state index < -0.39 is 5.60 Å². The number of aliphatic imine (C=N–C) groups is 1. The molecule has 3 N–H and O–H groups in total. The van der Waals surface area contributed by atoms with Crippen molar-refractivity contribution >= 4 is 5.96 Å². The first-order valence-electron chi connectivity index (χ1n) is 8.98. The van der Waals surface area contributed by atoms with E-state index in [1.165, 1.54) is 0 Å². The van der Waals surface area contributed by atoms with Crippen molar-refractivity contribution in [3.05, 3.63) is 40.2 Å². The molecule has 0 amide bonds. The molecule has 26 heavy (non-hydrogen) atoms. The molecule has 2 aromatic heterocycles. The van der Waals surface area contributed by atoms with Crippen molar-refractivity contribution < 1.29 is 14.0 Å². The van der Waals surface area contributed by atoms with Gasteiger partial charge in [0, 0.05) is 24.2 Å². The van der Waals surface area contributed by atoms with Gasteiger partial charge < -0.3 is 24.7 Å². The Morgan fingerprint density at radius 2 is 1.96 bits per heavy atom. The Bertz CT molecular complexity index is 739. The second-order valence-corrected chi connectivity index (χ2v) is 6.78. The summed E-state index contributed by atoms with van der Waals surface area (Å²) in [5.41, 5.74) is 1.71. The number of nitrogens with zero attached hydrogens (tertiary/aromatic N) is 2. The summed E-state index contributed by atoms with van der Waals surface area (Å²) in [5.74, 6) is 3.02. The molecule has 7 heteroatoms. The lowest BCUT2D eigenvalue weighted by Crippen LogP contribution is -2.39. The third kappa shape index (κ3) is 4.88. The average Bonchev–Trinajstić information content (AvgIpc) is 3.08. The first-order chi connectivity index (χ1) is 12.2. The molecule has 144 valence electrons. The van der Waals surface area contributed by atoms with E-state index in [-0.39, 0.29) is 6.54 Å². The van der Waals surface area contributed by atoms with Crippen LogP contribution >= 0.6 is 0 Å². The molecule has 2 aromatic rings. The number of guanidine groups is 1. The van der Waals surface area contributed by atoms with Gasteiger partial charge in [-0.05, 0) is 54.0 Å². The molecule has 0 bridgehead atoms. The standard InChI is InChI=1S/C19H30N4O3/c1-7-20-18(21-9-8-16-13(3)23-26-14(16)4)22-11-19(6,24)17-10-12(2)25-15(17)5/h10,24H,7-9,11H2,1-6H3,(H2,20,21,22). The van der Waals surface area contributed by atoms with Gasteiger partial charge in [-0.1, -0.05) is 5.16 Å². The van der Waals surface area contributed by atoms with Crippen LogP contribution in [0.5, 0.6) is 0 Å². The van der Waals surface area contributed by atoms with E-state index in [1.807, 2.05) is 40.7 Å². The highest BCUT2D eigenvalue weighted by Gasteiger charge is 2.27. The molecule has 2 heterocycles. The van der Waals surface area contributed by atoms with Crippen molar-refractivity contribution in [1.29, 1.82) is 0 Å². The number of aromatic nitrogens is 1. The predicted octanol–water partition coefficient (Wildman–Crippen LogP) is 2.51. The molecule has 0 spiro atoms. The van der Waals surface area contributed by atoms with E-state index in [9.17, 15) is 5.11 Å². The highest BCUT2D eigenvalue weighted by atomic mass is 16.5. The van der Waals surface area contributed by atoms with Crippen LogP contribution in [0.2, 0.25) is 0 Å². The van der Waals surface area contributed by atoms with Crippen molar-refractivity contribution in [2.24, 2.45) is 4.99 Å². The minimum atomic E-state index is -1.09. The second kappa shape index (κ2) is 8.40. The molecule has 0 aliphatic heterocycles. The molecule has 0 radical (unpaired) electrons. The van der Waals surface area contributed by atoms with Crippen LogP contribution in [0.4, 0.5) is 0 Å². The fourth-order valence-corrected chi connectivity index (χ4v) is 2.99. The summed E-state index contributed by atoms with van der Waals surface area (Å²) in [5, 5.41) is 21.3. The molecule has 1 unspecified atom stereocenters. The quantitative estimate of drug-likeness (QED) is 0.517. The summed E-state index contributed by atoms with van der Waals surface area (Å²) >= 11 is 0. The predicted molar refractivity (Wildman–Crippen MR) is 101 cm³/mol. The highest BCUT2D eigenvalue weighted by Crippen LogP contribution is 2.27. The summed E-state index contributed by atoms with van der Waals surface area (Å²) in [7, 11) is 0. The van der Waals surface area contributed by atoms with Gasteiger partial charge in [-0.15, -0.1) is 0 Å². The number of furan rings is 1. The Labute approximate surface area is 154 Å². The molecular formula is C19H30N4O3. The molecule has 0 saturated carbocycles. The van der Waals surface area contributed by atoms with Crippen LogP contribution in [0.25, 0.3) is 0 Å². The van der Waals surface area contributed by atoms with Gasteiger partial charge in [0.15, 0.2) is 5.96 Å². The van der Waals surface area contributed by atoms with Crippen LogP contribution in [0.1, 0.15) is 47.9 Å². The number of nitrogens with one attached hydrogen (secondary N) is 2. The fourth-order valence-electron chi connectivity index (χ4n) is 2.99. The third-order valence-electron chi connectivity index (χ3n) is 4.36. The van der Waals surface area contributed by atoms with Crippen molar-refractivity contribution in [3.63, 3.8) is 0 Å². The third-order valence-corrected chi connectivity index (χ3v) is 4.36. The Balaban J connectivity index is 2.00. The summed E-state index contributed by atoms with van der Waals surface area (Å²) in [6.07, 6.45) is 0.794. The van der Waals surface area contributed by atoms with Crippen LogP contribution in [-0.4, -0.2) is 35.9 Å². The molecule has 0 aromatic carbocycles. The Kier molecular flexibility index (Phi) is 6.47. The number of aliphatic hydroxyl groups is 1. The van der Waals surface area contributed by atoms with Crippen LogP contribution in [0, 0.1) is 27.7 Å². The van der Waals surface area contributed by atoms with Crippen molar-refractivity contribution in [2.45, 2.75) is 53.6 Å². The summed E-state index contributed by atoms with van der Waals surface area (Å²) < 4.78 is 10.7. The van der Waals surface area contributed by atoms with E-state index in [0.717, 1.165) is 47.1 Å². The van der Waals surface area contributed by atoms with Gasteiger partial charge >= 0.3 is 0 Å². The fraction of sp³-hybridized carbons (Fsp3) is 0.579. The summed E-state index contributed by atoms with van der Waals surface area (Å²) in [4.78, 5) is 4.54. The van der Waals surface area contributed by atoms with Gasteiger partial charge in [-0.2, -0.15) is 0 Å². The topological polar surface area (TPSA) is 95.8 Å². The van der Waals surface area contributed by atoms with Gasteiger partial charge in [0.25, 0.3) is 0 Å². The highest BCUT2D eigenvalue weighted by molar-refractivity contribution is 5.79.